The third-order valence-corrected chi connectivity index (χ3v) is 4.47. The summed E-state index contributed by atoms with van der Waals surface area (Å²) in [6, 6.07) is 8.13. The predicted octanol–water partition coefficient (Wildman–Crippen LogP) is 3.55. The second kappa shape index (κ2) is 5.25. The van der Waals surface area contributed by atoms with Crippen molar-refractivity contribution in [2.75, 3.05) is 0 Å². The molecule has 0 aliphatic heterocycles. The average molecular weight is 344 g/mol. The Labute approximate surface area is 113 Å². The third-order valence-electron chi connectivity index (χ3n) is 2.67. The van der Waals surface area contributed by atoms with Gasteiger partial charge < -0.3 is 5.73 Å². The molecule has 0 spiro atoms. The van der Waals surface area contributed by atoms with Gasteiger partial charge in [0.1, 0.15) is 0 Å². The minimum Gasteiger partial charge on any atom is -0.323 e. The summed E-state index contributed by atoms with van der Waals surface area (Å²) in [5.41, 5.74) is 8.50. The van der Waals surface area contributed by atoms with E-state index >= 15 is 0 Å². The van der Waals surface area contributed by atoms with E-state index in [2.05, 4.69) is 45.9 Å². The monoisotopic (exact) mass is 344 g/mol. The van der Waals surface area contributed by atoms with Crippen LogP contribution in [0.5, 0.6) is 0 Å². The smallest absolute Gasteiger partial charge is 0.0656 e. The molecule has 2 unspecified atom stereocenters. The Kier molecular flexibility index (Phi) is 3.94. The topological polar surface area (TPSA) is 38.9 Å². The molecule has 0 bridgehead atoms. The predicted molar refractivity (Wildman–Crippen MR) is 76.6 cm³/mol. The number of nitrogens with two attached hydrogens (primary N) is 1. The summed E-state index contributed by atoms with van der Waals surface area (Å²) in [5, 5.41) is 2.13. The molecule has 0 saturated heterocycles. The summed E-state index contributed by atoms with van der Waals surface area (Å²) in [6.45, 7) is 2.12. The maximum atomic E-state index is 6.25. The van der Waals surface area contributed by atoms with Crippen LogP contribution in [0.3, 0.4) is 0 Å². The van der Waals surface area contributed by atoms with E-state index in [0.29, 0.717) is 0 Å². The van der Waals surface area contributed by atoms with Crippen LogP contribution in [0.4, 0.5) is 0 Å². The van der Waals surface area contributed by atoms with Crippen LogP contribution in [0.2, 0.25) is 0 Å². The van der Waals surface area contributed by atoms with Crippen molar-refractivity contribution in [1.29, 1.82) is 0 Å². The van der Waals surface area contributed by atoms with Crippen LogP contribution in [-0.4, -0.2) is 4.98 Å². The number of thiophene rings is 1. The van der Waals surface area contributed by atoms with Gasteiger partial charge in [-0.2, -0.15) is 0 Å². The van der Waals surface area contributed by atoms with Gasteiger partial charge in [-0.05, 0) is 51.7 Å². The first-order valence-electron chi connectivity index (χ1n) is 5.09. The standard InChI is InChI=1S/C12H13IN2S/c1-8(10-4-2-3-5-15-10)12(14)9-6-11(13)16-7-9/h2-8,12H,14H2,1H3. The molecule has 0 aromatic carbocycles. The lowest BCUT2D eigenvalue weighted by molar-refractivity contribution is 0.585. The number of rotatable bonds is 3. The molecular formula is C12H13IN2S. The van der Waals surface area contributed by atoms with Gasteiger partial charge in [0, 0.05) is 23.9 Å². The van der Waals surface area contributed by atoms with Crippen molar-refractivity contribution in [1.82, 2.24) is 4.98 Å². The Morgan fingerprint density at radius 2 is 2.25 bits per heavy atom. The maximum Gasteiger partial charge on any atom is 0.0656 e. The zero-order valence-corrected chi connectivity index (χ0v) is 11.9. The highest BCUT2D eigenvalue weighted by Crippen LogP contribution is 2.30. The molecule has 0 aliphatic rings. The molecule has 2 aromatic heterocycles. The lowest BCUT2D eigenvalue weighted by Gasteiger charge is -2.18. The molecular weight excluding hydrogens is 331 g/mol. The fourth-order valence-corrected chi connectivity index (χ4v) is 3.04. The second-order valence-electron chi connectivity index (χ2n) is 3.75. The summed E-state index contributed by atoms with van der Waals surface area (Å²) in [5.74, 6) is 0.242. The van der Waals surface area contributed by atoms with E-state index in [-0.39, 0.29) is 12.0 Å². The highest BCUT2D eigenvalue weighted by atomic mass is 127. The van der Waals surface area contributed by atoms with E-state index in [1.54, 1.807) is 11.3 Å². The highest BCUT2D eigenvalue weighted by molar-refractivity contribution is 14.1. The summed E-state index contributed by atoms with van der Waals surface area (Å²) < 4.78 is 1.27. The van der Waals surface area contributed by atoms with Gasteiger partial charge >= 0.3 is 0 Å². The van der Waals surface area contributed by atoms with Crippen molar-refractivity contribution >= 4 is 33.9 Å². The van der Waals surface area contributed by atoms with Crippen LogP contribution in [-0.2, 0) is 0 Å². The quantitative estimate of drug-likeness (QED) is 0.865. The van der Waals surface area contributed by atoms with Crippen molar-refractivity contribution in [3.05, 3.63) is 50.0 Å². The number of nitrogens with zero attached hydrogens (tertiary/aromatic N) is 1. The van der Waals surface area contributed by atoms with Gasteiger partial charge in [-0.3, -0.25) is 4.98 Å². The van der Waals surface area contributed by atoms with Crippen molar-refractivity contribution in [2.24, 2.45) is 5.73 Å². The van der Waals surface area contributed by atoms with Crippen molar-refractivity contribution < 1.29 is 0 Å². The number of hydrogen-bond acceptors (Lipinski definition) is 3. The highest BCUT2D eigenvalue weighted by Gasteiger charge is 2.18. The van der Waals surface area contributed by atoms with Gasteiger partial charge in [0.25, 0.3) is 0 Å². The Hall–Kier alpha value is -0.460. The van der Waals surface area contributed by atoms with Gasteiger partial charge in [-0.1, -0.05) is 13.0 Å². The Balaban J connectivity index is 2.19. The molecule has 84 valence electrons. The summed E-state index contributed by atoms with van der Waals surface area (Å²) >= 11 is 4.05. The summed E-state index contributed by atoms with van der Waals surface area (Å²) in [4.78, 5) is 4.35. The van der Waals surface area contributed by atoms with Crippen molar-refractivity contribution in [3.8, 4) is 0 Å². The summed E-state index contributed by atoms with van der Waals surface area (Å²) in [7, 11) is 0. The molecule has 4 heteroatoms. The fraction of sp³-hybridized carbons (Fsp3) is 0.250. The van der Waals surface area contributed by atoms with Gasteiger partial charge in [0.05, 0.1) is 2.88 Å². The molecule has 2 N–H and O–H groups in total. The first-order chi connectivity index (χ1) is 7.68. The van der Waals surface area contributed by atoms with Crippen LogP contribution < -0.4 is 5.73 Å². The van der Waals surface area contributed by atoms with Gasteiger partial charge in [-0.25, -0.2) is 0 Å². The van der Waals surface area contributed by atoms with Gasteiger partial charge in [0.15, 0.2) is 0 Å². The Bertz CT molecular complexity index is 455. The number of halogens is 1. The molecule has 0 saturated carbocycles. The van der Waals surface area contributed by atoms with Crippen LogP contribution in [0, 0.1) is 2.88 Å². The maximum absolute atomic E-state index is 6.25. The second-order valence-corrected chi connectivity index (χ2v) is 6.56. The summed E-state index contributed by atoms with van der Waals surface area (Å²) in [6.07, 6.45) is 1.82. The van der Waals surface area contributed by atoms with Crippen molar-refractivity contribution in [2.45, 2.75) is 18.9 Å². The van der Waals surface area contributed by atoms with Crippen LogP contribution >= 0.6 is 33.9 Å². The van der Waals surface area contributed by atoms with Gasteiger partial charge in [0.2, 0.25) is 0 Å². The molecule has 2 heterocycles. The first-order valence-corrected chi connectivity index (χ1v) is 7.05. The van der Waals surface area contributed by atoms with E-state index in [4.69, 9.17) is 5.73 Å². The van der Waals surface area contributed by atoms with Crippen LogP contribution in [0.15, 0.2) is 35.8 Å². The minimum absolute atomic E-state index is 0.0228. The molecule has 0 aliphatic carbocycles. The number of pyridine rings is 1. The molecule has 2 rings (SSSR count). The van der Waals surface area contributed by atoms with Crippen LogP contribution in [0.1, 0.15) is 30.1 Å². The van der Waals surface area contributed by atoms with E-state index in [1.165, 1.54) is 8.45 Å². The Morgan fingerprint density at radius 1 is 1.44 bits per heavy atom. The molecule has 2 atom stereocenters. The van der Waals surface area contributed by atoms with E-state index in [9.17, 15) is 0 Å². The van der Waals surface area contributed by atoms with E-state index < -0.39 is 0 Å². The molecule has 2 nitrogen and oxygen atoms in total. The third kappa shape index (κ3) is 2.61. The average Bonchev–Trinajstić information content (AvgIpc) is 2.75. The SMILES string of the molecule is CC(c1ccccn1)C(N)c1csc(I)c1. The van der Waals surface area contributed by atoms with E-state index in [1.807, 2.05) is 24.4 Å². The molecule has 16 heavy (non-hydrogen) atoms. The largest absolute Gasteiger partial charge is 0.323 e. The zero-order chi connectivity index (χ0) is 11.5. The van der Waals surface area contributed by atoms with Crippen LogP contribution in [0.25, 0.3) is 0 Å². The molecule has 0 fully saturated rings. The first kappa shape index (κ1) is 12.0. The Morgan fingerprint density at radius 3 is 2.81 bits per heavy atom. The lowest BCUT2D eigenvalue weighted by Crippen LogP contribution is -2.17. The number of aromatic nitrogens is 1. The van der Waals surface area contributed by atoms with Gasteiger partial charge in [-0.15, -0.1) is 11.3 Å². The van der Waals surface area contributed by atoms with E-state index in [0.717, 1.165) is 5.69 Å². The zero-order valence-electron chi connectivity index (χ0n) is 8.93. The number of hydrogen-bond donors (Lipinski definition) is 1. The minimum atomic E-state index is 0.0228. The molecule has 0 amide bonds. The fourth-order valence-electron chi connectivity index (χ4n) is 1.62. The molecule has 0 radical (unpaired) electrons. The van der Waals surface area contributed by atoms with Crippen molar-refractivity contribution in [3.63, 3.8) is 0 Å². The normalized spacial score (nSPS) is 14.7. The lowest BCUT2D eigenvalue weighted by atomic mass is 9.94. The molecule has 2 aromatic rings.